The number of rotatable bonds is 3. The minimum Gasteiger partial charge on any atom is -0.378 e. The van der Waals surface area contributed by atoms with Gasteiger partial charge in [-0.05, 0) is 18.3 Å². The fourth-order valence-electron chi connectivity index (χ4n) is 1.71. The molecule has 1 saturated carbocycles. The molecule has 2 N–H and O–H groups in total. The zero-order chi connectivity index (χ0) is 11.0. The lowest BCUT2D eigenvalue weighted by molar-refractivity contribution is -0.112. The Kier molecular flexibility index (Phi) is 3.27. The van der Waals surface area contributed by atoms with Crippen LogP contribution in [0, 0.1) is 10.8 Å². The van der Waals surface area contributed by atoms with E-state index < -0.39 is 0 Å². The van der Waals surface area contributed by atoms with Crippen LogP contribution in [0.15, 0.2) is 0 Å². The summed E-state index contributed by atoms with van der Waals surface area (Å²) in [5, 5.41) is 0. The number of hydrogen-bond acceptors (Lipinski definition) is 2. The van der Waals surface area contributed by atoms with Crippen LogP contribution in [0.5, 0.6) is 0 Å². The van der Waals surface area contributed by atoms with Crippen LogP contribution in [0.3, 0.4) is 0 Å². The molecule has 0 saturated heterocycles. The van der Waals surface area contributed by atoms with E-state index in [4.69, 9.17) is 10.5 Å². The number of nitrogens with two attached hydrogens (primary N) is 1. The molecule has 0 aromatic heterocycles. The maximum Gasteiger partial charge on any atom is 0.0655 e. The van der Waals surface area contributed by atoms with E-state index in [2.05, 4.69) is 34.6 Å². The second kappa shape index (κ2) is 3.82. The SMILES string of the molecule is CC(C)(C)CCOC1CC(N)C1(C)C. The van der Waals surface area contributed by atoms with Crippen molar-refractivity contribution in [3.63, 3.8) is 0 Å². The molecule has 1 aliphatic carbocycles. The van der Waals surface area contributed by atoms with Gasteiger partial charge in [-0.1, -0.05) is 34.6 Å². The molecular weight excluding hydrogens is 174 g/mol. The van der Waals surface area contributed by atoms with Crippen molar-refractivity contribution in [3.8, 4) is 0 Å². The van der Waals surface area contributed by atoms with Crippen molar-refractivity contribution in [1.82, 2.24) is 0 Å². The van der Waals surface area contributed by atoms with Gasteiger partial charge in [0.1, 0.15) is 0 Å². The molecular formula is C12H25NO. The van der Waals surface area contributed by atoms with Crippen molar-refractivity contribution in [2.24, 2.45) is 16.6 Å². The quantitative estimate of drug-likeness (QED) is 0.758. The Morgan fingerprint density at radius 2 is 1.93 bits per heavy atom. The summed E-state index contributed by atoms with van der Waals surface area (Å²) in [6, 6.07) is 0.321. The summed E-state index contributed by atoms with van der Waals surface area (Å²) in [6.45, 7) is 12.0. The third kappa shape index (κ3) is 2.71. The third-order valence-corrected chi connectivity index (χ3v) is 3.42. The van der Waals surface area contributed by atoms with Crippen molar-refractivity contribution in [2.45, 2.75) is 59.6 Å². The van der Waals surface area contributed by atoms with E-state index in [-0.39, 0.29) is 5.41 Å². The van der Waals surface area contributed by atoms with E-state index in [9.17, 15) is 0 Å². The first-order valence-corrected chi connectivity index (χ1v) is 5.61. The molecule has 1 rings (SSSR count). The highest BCUT2D eigenvalue weighted by Crippen LogP contribution is 2.41. The van der Waals surface area contributed by atoms with Crippen molar-refractivity contribution in [3.05, 3.63) is 0 Å². The van der Waals surface area contributed by atoms with Gasteiger partial charge in [-0.25, -0.2) is 0 Å². The summed E-state index contributed by atoms with van der Waals surface area (Å²) in [5.41, 5.74) is 6.47. The molecule has 2 atom stereocenters. The zero-order valence-electron chi connectivity index (χ0n) is 10.3. The summed E-state index contributed by atoms with van der Waals surface area (Å²) in [4.78, 5) is 0. The molecule has 1 aliphatic rings. The molecule has 1 fully saturated rings. The highest BCUT2D eigenvalue weighted by atomic mass is 16.5. The normalized spacial score (nSPS) is 31.3. The Morgan fingerprint density at radius 1 is 1.36 bits per heavy atom. The molecule has 0 aliphatic heterocycles. The van der Waals surface area contributed by atoms with Gasteiger partial charge < -0.3 is 10.5 Å². The Labute approximate surface area is 88.2 Å². The van der Waals surface area contributed by atoms with E-state index in [0.29, 0.717) is 17.6 Å². The summed E-state index contributed by atoms with van der Waals surface area (Å²) in [6.07, 6.45) is 2.52. The lowest BCUT2D eigenvalue weighted by Crippen LogP contribution is -2.59. The van der Waals surface area contributed by atoms with Crippen LogP contribution in [-0.4, -0.2) is 18.8 Å². The number of ether oxygens (including phenoxy) is 1. The molecule has 84 valence electrons. The second-order valence-electron chi connectivity index (χ2n) is 6.33. The molecule has 0 amide bonds. The van der Waals surface area contributed by atoms with Gasteiger partial charge in [0, 0.05) is 18.1 Å². The van der Waals surface area contributed by atoms with E-state index in [1.54, 1.807) is 0 Å². The maximum absolute atomic E-state index is 5.92. The van der Waals surface area contributed by atoms with Gasteiger partial charge in [0.15, 0.2) is 0 Å². The molecule has 2 nitrogen and oxygen atoms in total. The lowest BCUT2D eigenvalue weighted by Gasteiger charge is -2.50. The largest absolute Gasteiger partial charge is 0.378 e. The van der Waals surface area contributed by atoms with Crippen molar-refractivity contribution in [1.29, 1.82) is 0 Å². The fourth-order valence-corrected chi connectivity index (χ4v) is 1.71. The minimum absolute atomic E-state index is 0.178. The second-order valence-corrected chi connectivity index (χ2v) is 6.33. The van der Waals surface area contributed by atoms with E-state index >= 15 is 0 Å². The highest BCUT2D eigenvalue weighted by molar-refractivity contribution is 5.00. The summed E-state index contributed by atoms with van der Waals surface area (Å²) < 4.78 is 5.86. The molecule has 0 radical (unpaired) electrons. The van der Waals surface area contributed by atoms with Gasteiger partial charge in [0.05, 0.1) is 6.10 Å². The van der Waals surface area contributed by atoms with Gasteiger partial charge in [0.25, 0.3) is 0 Å². The van der Waals surface area contributed by atoms with Gasteiger partial charge in [-0.15, -0.1) is 0 Å². The minimum atomic E-state index is 0.178. The first-order chi connectivity index (χ1) is 6.23. The van der Waals surface area contributed by atoms with E-state index in [1.165, 1.54) is 0 Å². The van der Waals surface area contributed by atoms with Crippen LogP contribution >= 0.6 is 0 Å². The Bertz CT molecular complexity index is 193. The molecule has 0 aromatic carbocycles. The smallest absolute Gasteiger partial charge is 0.0655 e. The highest BCUT2D eigenvalue weighted by Gasteiger charge is 2.46. The number of hydrogen-bond donors (Lipinski definition) is 1. The van der Waals surface area contributed by atoms with Crippen LogP contribution in [0.4, 0.5) is 0 Å². The van der Waals surface area contributed by atoms with Gasteiger partial charge in [-0.3, -0.25) is 0 Å². The van der Waals surface area contributed by atoms with Crippen LogP contribution in [0.25, 0.3) is 0 Å². The summed E-state index contributed by atoms with van der Waals surface area (Å²) in [5.74, 6) is 0. The average Bonchev–Trinajstić information content (AvgIpc) is 2.01. The molecule has 14 heavy (non-hydrogen) atoms. The average molecular weight is 199 g/mol. The molecule has 0 heterocycles. The van der Waals surface area contributed by atoms with Crippen LogP contribution < -0.4 is 5.73 Å². The third-order valence-electron chi connectivity index (χ3n) is 3.42. The zero-order valence-corrected chi connectivity index (χ0v) is 10.3. The molecule has 0 aromatic rings. The van der Waals surface area contributed by atoms with Crippen molar-refractivity contribution in [2.75, 3.05) is 6.61 Å². The Morgan fingerprint density at radius 3 is 2.29 bits per heavy atom. The molecule has 2 heteroatoms. The monoisotopic (exact) mass is 199 g/mol. The topological polar surface area (TPSA) is 35.2 Å². The molecule has 2 unspecified atom stereocenters. The lowest BCUT2D eigenvalue weighted by atomic mass is 9.65. The Balaban J connectivity index is 2.22. The molecule has 0 spiro atoms. The first-order valence-electron chi connectivity index (χ1n) is 5.61. The fraction of sp³-hybridized carbons (Fsp3) is 1.00. The van der Waals surface area contributed by atoms with Crippen molar-refractivity contribution >= 4 is 0 Å². The molecule has 0 bridgehead atoms. The predicted octanol–water partition coefficient (Wildman–Crippen LogP) is 2.57. The van der Waals surface area contributed by atoms with Gasteiger partial charge in [0.2, 0.25) is 0 Å². The van der Waals surface area contributed by atoms with Crippen LogP contribution in [0.1, 0.15) is 47.5 Å². The predicted molar refractivity (Wildman–Crippen MR) is 60.2 cm³/mol. The summed E-state index contributed by atoms with van der Waals surface area (Å²) >= 11 is 0. The van der Waals surface area contributed by atoms with Crippen molar-refractivity contribution < 1.29 is 4.74 Å². The standard InChI is InChI=1S/C12H25NO/c1-11(2,3)6-7-14-10-8-9(13)12(10,4)5/h9-10H,6-8,13H2,1-5H3. The maximum atomic E-state index is 5.92. The van der Waals surface area contributed by atoms with Gasteiger partial charge in [-0.2, -0.15) is 0 Å². The Hall–Kier alpha value is -0.0800. The van der Waals surface area contributed by atoms with Gasteiger partial charge >= 0.3 is 0 Å². The summed E-state index contributed by atoms with van der Waals surface area (Å²) in [7, 11) is 0. The van der Waals surface area contributed by atoms with Crippen LogP contribution in [0.2, 0.25) is 0 Å². The van der Waals surface area contributed by atoms with E-state index in [1.807, 2.05) is 0 Å². The first kappa shape index (κ1) is 12.0. The van der Waals surface area contributed by atoms with Crippen LogP contribution in [-0.2, 0) is 4.74 Å². The van der Waals surface area contributed by atoms with E-state index in [0.717, 1.165) is 19.4 Å².